The SMILES string of the molecule is O=C(CSc1n[nH]c(-c2ccccc2)n1)NNC(=O)c1ccccc1. The molecule has 0 spiro atoms. The van der Waals surface area contributed by atoms with Crippen molar-refractivity contribution >= 4 is 23.6 Å². The third kappa shape index (κ3) is 4.67. The zero-order chi connectivity index (χ0) is 17.5. The number of nitrogens with one attached hydrogen (secondary N) is 3. The fourth-order valence-electron chi connectivity index (χ4n) is 1.99. The van der Waals surface area contributed by atoms with Gasteiger partial charge < -0.3 is 0 Å². The van der Waals surface area contributed by atoms with E-state index in [1.165, 1.54) is 11.8 Å². The van der Waals surface area contributed by atoms with Crippen LogP contribution in [0.5, 0.6) is 0 Å². The highest BCUT2D eigenvalue weighted by Crippen LogP contribution is 2.18. The fraction of sp³-hybridized carbons (Fsp3) is 0.0588. The lowest BCUT2D eigenvalue weighted by atomic mass is 10.2. The van der Waals surface area contributed by atoms with Crippen molar-refractivity contribution in [2.24, 2.45) is 0 Å². The van der Waals surface area contributed by atoms with Crippen LogP contribution in [-0.4, -0.2) is 32.7 Å². The number of aromatic amines is 1. The quantitative estimate of drug-likeness (QED) is 0.481. The van der Waals surface area contributed by atoms with Gasteiger partial charge in [-0.3, -0.25) is 25.5 Å². The minimum absolute atomic E-state index is 0.0845. The number of carbonyl (C=O) groups excluding carboxylic acids is 2. The molecule has 0 atom stereocenters. The number of nitrogens with zero attached hydrogens (tertiary/aromatic N) is 2. The van der Waals surface area contributed by atoms with Crippen LogP contribution in [0.15, 0.2) is 65.8 Å². The van der Waals surface area contributed by atoms with E-state index in [0.717, 1.165) is 5.56 Å². The Labute approximate surface area is 148 Å². The molecule has 25 heavy (non-hydrogen) atoms. The molecule has 3 N–H and O–H groups in total. The Hall–Kier alpha value is -3.13. The van der Waals surface area contributed by atoms with E-state index >= 15 is 0 Å². The van der Waals surface area contributed by atoms with Crippen LogP contribution in [0.25, 0.3) is 11.4 Å². The highest BCUT2D eigenvalue weighted by atomic mass is 32.2. The zero-order valence-electron chi connectivity index (χ0n) is 13.1. The molecule has 7 nitrogen and oxygen atoms in total. The first-order chi connectivity index (χ1) is 12.2. The number of thioether (sulfide) groups is 1. The van der Waals surface area contributed by atoms with E-state index in [1.807, 2.05) is 36.4 Å². The lowest BCUT2D eigenvalue weighted by Gasteiger charge is -2.06. The summed E-state index contributed by atoms with van der Waals surface area (Å²) < 4.78 is 0. The van der Waals surface area contributed by atoms with Crippen molar-refractivity contribution in [3.8, 4) is 11.4 Å². The number of hydrogen-bond acceptors (Lipinski definition) is 5. The number of amides is 2. The van der Waals surface area contributed by atoms with Crippen LogP contribution in [0.3, 0.4) is 0 Å². The monoisotopic (exact) mass is 353 g/mol. The topological polar surface area (TPSA) is 99.8 Å². The number of hydrogen-bond donors (Lipinski definition) is 3. The fourth-order valence-corrected chi connectivity index (χ4v) is 2.59. The minimum atomic E-state index is -0.372. The van der Waals surface area contributed by atoms with E-state index in [9.17, 15) is 9.59 Å². The Morgan fingerprint density at radius 1 is 0.960 bits per heavy atom. The van der Waals surface area contributed by atoms with Crippen molar-refractivity contribution in [1.82, 2.24) is 26.0 Å². The van der Waals surface area contributed by atoms with Crippen LogP contribution in [0.4, 0.5) is 0 Å². The molecule has 2 aromatic carbocycles. The first-order valence-corrected chi connectivity index (χ1v) is 8.46. The molecule has 1 aromatic heterocycles. The van der Waals surface area contributed by atoms with Gasteiger partial charge in [0.15, 0.2) is 5.82 Å². The molecule has 0 fully saturated rings. The maximum Gasteiger partial charge on any atom is 0.269 e. The van der Waals surface area contributed by atoms with Gasteiger partial charge in [-0.2, -0.15) is 0 Å². The summed E-state index contributed by atoms with van der Waals surface area (Å²) in [5.41, 5.74) is 6.12. The number of carbonyl (C=O) groups is 2. The predicted octanol–water partition coefficient (Wildman–Crippen LogP) is 2.02. The van der Waals surface area contributed by atoms with Gasteiger partial charge in [-0.15, -0.1) is 5.10 Å². The number of H-pyrrole nitrogens is 1. The second kappa shape index (κ2) is 8.11. The maximum absolute atomic E-state index is 11.8. The molecular weight excluding hydrogens is 338 g/mol. The van der Waals surface area contributed by atoms with E-state index in [0.29, 0.717) is 16.5 Å². The Kier molecular flexibility index (Phi) is 5.43. The Balaban J connectivity index is 1.47. The van der Waals surface area contributed by atoms with Crippen molar-refractivity contribution in [2.45, 2.75) is 5.16 Å². The first kappa shape index (κ1) is 16.7. The van der Waals surface area contributed by atoms with Gasteiger partial charge in [-0.25, -0.2) is 4.98 Å². The van der Waals surface area contributed by atoms with Gasteiger partial charge in [0.1, 0.15) is 0 Å². The summed E-state index contributed by atoms with van der Waals surface area (Å²) in [7, 11) is 0. The molecular formula is C17H15N5O2S. The third-order valence-corrected chi connectivity index (χ3v) is 4.04. The van der Waals surface area contributed by atoms with Gasteiger partial charge in [0.05, 0.1) is 5.75 Å². The van der Waals surface area contributed by atoms with Crippen molar-refractivity contribution in [1.29, 1.82) is 0 Å². The van der Waals surface area contributed by atoms with Crippen LogP contribution >= 0.6 is 11.8 Å². The lowest BCUT2D eigenvalue weighted by molar-refractivity contribution is -0.119. The van der Waals surface area contributed by atoms with Crippen LogP contribution in [0.1, 0.15) is 10.4 Å². The van der Waals surface area contributed by atoms with Crippen molar-refractivity contribution in [3.63, 3.8) is 0 Å². The summed E-state index contributed by atoms with van der Waals surface area (Å²) in [5, 5.41) is 7.36. The molecule has 0 aliphatic rings. The molecule has 0 radical (unpaired) electrons. The molecule has 8 heteroatoms. The van der Waals surface area contributed by atoms with Gasteiger partial charge in [0.25, 0.3) is 5.91 Å². The van der Waals surface area contributed by atoms with Gasteiger partial charge in [-0.05, 0) is 12.1 Å². The summed E-state index contributed by atoms with van der Waals surface area (Å²) >= 11 is 1.17. The average Bonchev–Trinajstić information content (AvgIpc) is 3.15. The highest BCUT2D eigenvalue weighted by Gasteiger charge is 2.10. The Morgan fingerprint density at radius 3 is 2.36 bits per heavy atom. The van der Waals surface area contributed by atoms with E-state index in [2.05, 4.69) is 26.0 Å². The highest BCUT2D eigenvalue weighted by molar-refractivity contribution is 7.99. The number of hydrazine groups is 1. The summed E-state index contributed by atoms with van der Waals surface area (Å²) in [6.45, 7) is 0. The van der Waals surface area contributed by atoms with Crippen LogP contribution < -0.4 is 10.9 Å². The van der Waals surface area contributed by atoms with Crippen molar-refractivity contribution < 1.29 is 9.59 Å². The third-order valence-electron chi connectivity index (χ3n) is 3.20. The molecule has 0 unspecified atom stereocenters. The van der Waals surface area contributed by atoms with Gasteiger partial charge in [0, 0.05) is 11.1 Å². The number of rotatable bonds is 5. The number of benzene rings is 2. The summed E-state index contributed by atoms with van der Waals surface area (Å²) in [5.74, 6) is 0.00525. The molecule has 2 amide bonds. The Bertz CT molecular complexity index is 852. The summed E-state index contributed by atoms with van der Waals surface area (Å²) in [6.07, 6.45) is 0. The van der Waals surface area contributed by atoms with Gasteiger partial charge >= 0.3 is 0 Å². The van der Waals surface area contributed by atoms with Crippen LogP contribution in [0.2, 0.25) is 0 Å². The molecule has 0 saturated heterocycles. The van der Waals surface area contributed by atoms with Gasteiger partial charge in [-0.1, -0.05) is 60.3 Å². The average molecular weight is 353 g/mol. The number of aromatic nitrogens is 3. The molecule has 3 aromatic rings. The molecule has 0 bridgehead atoms. The van der Waals surface area contributed by atoms with Gasteiger partial charge in [0.2, 0.25) is 11.1 Å². The van der Waals surface area contributed by atoms with Crippen LogP contribution in [0, 0.1) is 0 Å². The maximum atomic E-state index is 11.8. The summed E-state index contributed by atoms with van der Waals surface area (Å²) in [6, 6.07) is 18.2. The molecule has 0 aliphatic heterocycles. The Morgan fingerprint density at radius 2 is 1.64 bits per heavy atom. The molecule has 0 saturated carbocycles. The smallest absolute Gasteiger partial charge is 0.269 e. The van der Waals surface area contributed by atoms with E-state index in [4.69, 9.17) is 0 Å². The standard InChI is InChI=1S/C17H15N5O2S/c23-14(19-21-16(24)13-9-5-2-6-10-13)11-25-17-18-15(20-22-17)12-7-3-1-4-8-12/h1-10H,11H2,(H,19,23)(H,21,24)(H,18,20,22). The predicted molar refractivity (Wildman–Crippen MR) is 94.6 cm³/mol. The van der Waals surface area contributed by atoms with E-state index in [-0.39, 0.29) is 17.6 Å². The minimum Gasteiger partial charge on any atom is -0.272 e. The van der Waals surface area contributed by atoms with Crippen LogP contribution in [-0.2, 0) is 4.79 Å². The second-order valence-corrected chi connectivity index (χ2v) is 5.93. The van der Waals surface area contributed by atoms with Crippen molar-refractivity contribution in [2.75, 3.05) is 5.75 Å². The molecule has 1 heterocycles. The van der Waals surface area contributed by atoms with Crippen molar-refractivity contribution in [3.05, 3.63) is 66.2 Å². The normalized spacial score (nSPS) is 10.2. The zero-order valence-corrected chi connectivity index (χ0v) is 13.9. The van der Waals surface area contributed by atoms with E-state index in [1.54, 1.807) is 24.3 Å². The van der Waals surface area contributed by atoms with E-state index < -0.39 is 0 Å². The molecule has 126 valence electrons. The second-order valence-electron chi connectivity index (χ2n) is 4.99. The largest absolute Gasteiger partial charge is 0.272 e. The summed E-state index contributed by atoms with van der Waals surface area (Å²) in [4.78, 5) is 28.0. The molecule has 0 aliphatic carbocycles. The first-order valence-electron chi connectivity index (χ1n) is 7.47. The lowest BCUT2D eigenvalue weighted by Crippen LogP contribution is -2.42. The molecule has 3 rings (SSSR count).